The van der Waals surface area contributed by atoms with Gasteiger partial charge in [0.2, 0.25) is 0 Å². The maximum Gasteiger partial charge on any atom is 0.328 e. The fourth-order valence-corrected chi connectivity index (χ4v) is 3.44. The van der Waals surface area contributed by atoms with Gasteiger partial charge < -0.3 is 5.11 Å². The summed E-state index contributed by atoms with van der Waals surface area (Å²) in [5.41, 5.74) is -0.688. The summed E-state index contributed by atoms with van der Waals surface area (Å²) in [6.45, 7) is 4.24. The van der Waals surface area contributed by atoms with E-state index in [1.165, 1.54) is 4.88 Å². The Balaban J connectivity index is 2.26. The average molecular weight is 336 g/mol. The second-order valence-electron chi connectivity index (χ2n) is 4.94. The molecule has 0 aliphatic rings. The van der Waals surface area contributed by atoms with Gasteiger partial charge in [0, 0.05) is 22.0 Å². The Morgan fingerprint density at radius 2 is 2.14 bits per heavy atom. The Bertz CT molecular complexity index is 642. The molecule has 0 bridgehead atoms. The van der Waals surface area contributed by atoms with Gasteiger partial charge in [-0.25, -0.2) is 4.79 Å². The van der Waals surface area contributed by atoms with Crippen LogP contribution in [0.15, 0.2) is 54.4 Å². The molecule has 1 atom stereocenters. The molecule has 116 valence electrons. The fraction of sp³-hybridized carbons (Fsp3) is 0.235. The molecule has 0 aliphatic heterocycles. The van der Waals surface area contributed by atoms with Gasteiger partial charge in [0.05, 0.1) is 0 Å². The summed E-state index contributed by atoms with van der Waals surface area (Å²) in [4.78, 5) is 13.2. The molecular weight excluding hydrogens is 318 g/mol. The van der Waals surface area contributed by atoms with Crippen LogP contribution in [0.5, 0.6) is 0 Å². The van der Waals surface area contributed by atoms with Crippen molar-refractivity contribution in [2.24, 2.45) is 0 Å². The molecular formula is C17H18ClNO2S. The molecule has 2 rings (SSSR count). The third-order valence-electron chi connectivity index (χ3n) is 3.53. The van der Waals surface area contributed by atoms with Gasteiger partial charge >= 0.3 is 5.97 Å². The van der Waals surface area contributed by atoms with Crippen molar-refractivity contribution in [3.8, 4) is 0 Å². The van der Waals surface area contributed by atoms with Crippen LogP contribution in [0.1, 0.15) is 16.9 Å². The number of aliphatic carboxylic acids is 1. The van der Waals surface area contributed by atoms with Crippen molar-refractivity contribution in [3.05, 3.63) is 69.9 Å². The number of carboxylic acid groups (broad SMARTS) is 1. The standard InChI is InChI=1S/C17H18ClNO2S/c1-2-10-17(16(20)21,14-7-3-4-8-15(14)18)19-11-9-13-6-5-12-22-13/h2-8,12,19H,1,9-11H2,(H,20,21). The predicted molar refractivity (Wildman–Crippen MR) is 91.6 cm³/mol. The number of nitrogens with one attached hydrogen (secondary N) is 1. The molecule has 0 amide bonds. The van der Waals surface area contributed by atoms with Crippen LogP contribution in [-0.2, 0) is 16.8 Å². The Morgan fingerprint density at radius 3 is 2.73 bits per heavy atom. The highest BCUT2D eigenvalue weighted by atomic mass is 35.5. The molecule has 1 unspecified atom stereocenters. The molecule has 1 aromatic heterocycles. The quantitative estimate of drug-likeness (QED) is 0.714. The summed E-state index contributed by atoms with van der Waals surface area (Å²) in [5.74, 6) is -0.952. The van der Waals surface area contributed by atoms with Crippen LogP contribution in [0.25, 0.3) is 0 Å². The van der Waals surface area contributed by atoms with E-state index in [2.05, 4.69) is 11.9 Å². The molecule has 0 radical (unpaired) electrons. The Labute approximate surface area is 139 Å². The summed E-state index contributed by atoms with van der Waals surface area (Å²) in [7, 11) is 0. The first kappa shape index (κ1) is 16.7. The van der Waals surface area contributed by atoms with E-state index in [4.69, 9.17) is 11.6 Å². The van der Waals surface area contributed by atoms with E-state index in [1.54, 1.807) is 41.7 Å². The number of thiophene rings is 1. The molecule has 1 aromatic carbocycles. The number of hydrogen-bond donors (Lipinski definition) is 2. The first-order chi connectivity index (χ1) is 10.6. The minimum atomic E-state index is -1.25. The number of benzene rings is 1. The molecule has 0 saturated carbocycles. The Hall–Kier alpha value is -1.62. The average Bonchev–Trinajstić information content (AvgIpc) is 3.00. The summed E-state index contributed by atoms with van der Waals surface area (Å²) < 4.78 is 0. The predicted octanol–water partition coefficient (Wildman–Crippen LogP) is 4.09. The van der Waals surface area contributed by atoms with Crippen molar-refractivity contribution in [1.29, 1.82) is 0 Å². The lowest BCUT2D eigenvalue weighted by Crippen LogP contribution is -2.49. The molecule has 3 nitrogen and oxygen atoms in total. The SMILES string of the molecule is C=CCC(NCCc1cccs1)(C(=O)O)c1ccccc1Cl. The van der Waals surface area contributed by atoms with Gasteiger partial charge in [0.1, 0.15) is 5.54 Å². The summed E-state index contributed by atoms with van der Waals surface area (Å²) >= 11 is 7.89. The fourth-order valence-electron chi connectivity index (χ4n) is 2.43. The first-order valence-corrected chi connectivity index (χ1v) is 8.22. The van der Waals surface area contributed by atoms with Crippen molar-refractivity contribution in [2.45, 2.75) is 18.4 Å². The normalized spacial score (nSPS) is 13.5. The van der Waals surface area contributed by atoms with Gasteiger partial charge in [-0.2, -0.15) is 0 Å². The zero-order valence-electron chi connectivity index (χ0n) is 12.1. The van der Waals surface area contributed by atoms with Crippen molar-refractivity contribution >= 4 is 28.9 Å². The number of carbonyl (C=O) groups is 1. The van der Waals surface area contributed by atoms with E-state index < -0.39 is 11.5 Å². The van der Waals surface area contributed by atoms with E-state index >= 15 is 0 Å². The molecule has 1 heterocycles. The number of carboxylic acids is 1. The maximum atomic E-state index is 12.0. The van der Waals surface area contributed by atoms with Crippen LogP contribution in [-0.4, -0.2) is 17.6 Å². The van der Waals surface area contributed by atoms with Gasteiger partial charge in [0.25, 0.3) is 0 Å². The number of rotatable bonds is 8. The van der Waals surface area contributed by atoms with Crippen molar-refractivity contribution < 1.29 is 9.90 Å². The monoisotopic (exact) mass is 335 g/mol. The van der Waals surface area contributed by atoms with Crippen molar-refractivity contribution in [3.63, 3.8) is 0 Å². The first-order valence-electron chi connectivity index (χ1n) is 6.97. The van der Waals surface area contributed by atoms with Crippen LogP contribution in [0, 0.1) is 0 Å². The second kappa shape index (κ2) is 7.58. The van der Waals surface area contributed by atoms with Crippen LogP contribution in [0.2, 0.25) is 5.02 Å². The van der Waals surface area contributed by atoms with Gasteiger partial charge in [-0.15, -0.1) is 17.9 Å². The molecule has 2 N–H and O–H groups in total. The zero-order chi connectivity index (χ0) is 16.0. The molecule has 0 spiro atoms. The highest BCUT2D eigenvalue weighted by molar-refractivity contribution is 7.09. The van der Waals surface area contributed by atoms with Crippen LogP contribution in [0.3, 0.4) is 0 Å². The topological polar surface area (TPSA) is 49.3 Å². The molecule has 2 aromatic rings. The van der Waals surface area contributed by atoms with Crippen molar-refractivity contribution in [1.82, 2.24) is 5.32 Å². The largest absolute Gasteiger partial charge is 0.480 e. The molecule has 22 heavy (non-hydrogen) atoms. The van der Waals surface area contributed by atoms with E-state index in [9.17, 15) is 9.90 Å². The number of halogens is 1. The molecule has 5 heteroatoms. The van der Waals surface area contributed by atoms with Crippen molar-refractivity contribution in [2.75, 3.05) is 6.54 Å². The third-order valence-corrected chi connectivity index (χ3v) is 4.79. The van der Waals surface area contributed by atoms with Gasteiger partial charge in [-0.05, 0) is 30.4 Å². The minimum Gasteiger partial charge on any atom is -0.480 e. The Morgan fingerprint density at radius 1 is 1.36 bits per heavy atom. The summed E-state index contributed by atoms with van der Waals surface area (Å²) in [6.07, 6.45) is 2.64. The molecule has 0 fully saturated rings. The van der Waals surface area contributed by atoms with Crippen LogP contribution >= 0.6 is 22.9 Å². The minimum absolute atomic E-state index is 0.260. The third kappa shape index (κ3) is 3.58. The smallest absolute Gasteiger partial charge is 0.328 e. The van der Waals surface area contributed by atoms with E-state index in [0.29, 0.717) is 17.1 Å². The molecule has 0 aliphatic carbocycles. The lowest BCUT2D eigenvalue weighted by molar-refractivity contribution is -0.145. The highest BCUT2D eigenvalue weighted by Gasteiger charge is 2.40. The maximum absolute atomic E-state index is 12.0. The number of hydrogen-bond acceptors (Lipinski definition) is 3. The van der Waals surface area contributed by atoms with Crippen LogP contribution in [0.4, 0.5) is 0 Å². The summed E-state index contributed by atoms with van der Waals surface area (Å²) in [6, 6.07) is 11.1. The Kier molecular flexibility index (Phi) is 5.77. The lowest BCUT2D eigenvalue weighted by atomic mass is 9.86. The van der Waals surface area contributed by atoms with E-state index in [0.717, 1.165) is 6.42 Å². The van der Waals surface area contributed by atoms with Gasteiger partial charge in [-0.3, -0.25) is 5.32 Å². The van der Waals surface area contributed by atoms with Gasteiger partial charge in [0.15, 0.2) is 0 Å². The summed E-state index contributed by atoms with van der Waals surface area (Å²) in [5, 5.41) is 15.5. The zero-order valence-corrected chi connectivity index (χ0v) is 13.7. The van der Waals surface area contributed by atoms with E-state index in [1.807, 2.05) is 17.5 Å². The molecule has 0 saturated heterocycles. The van der Waals surface area contributed by atoms with Gasteiger partial charge in [-0.1, -0.05) is 41.9 Å². The van der Waals surface area contributed by atoms with Crippen LogP contribution < -0.4 is 5.32 Å². The lowest BCUT2D eigenvalue weighted by Gasteiger charge is -2.31. The highest BCUT2D eigenvalue weighted by Crippen LogP contribution is 2.32. The second-order valence-corrected chi connectivity index (χ2v) is 6.38. The van der Waals surface area contributed by atoms with E-state index in [-0.39, 0.29) is 6.42 Å².